The predicted molar refractivity (Wildman–Crippen MR) is 114 cm³/mol. The highest BCUT2D eigenvalue weighted by molar-refractivity contribution is 5.21. The summed E-state index contributed by atoms with van der Waals surface area (Å²) in [5.74, 6) is 2.84. The summed E-state index contributed by atoms with van der Waals surface area (Å²) in [5, 5.41) is 20.1. The van der Waals surface area contributed by atoms with E-state index in [4.69, 9.17) is 14.2 Å². The third kappa shape index (κ3) is 9.83. The van der Waals surface area contributed by atoms with Gasteiger partial charge in [-0.2, -0.15) is 0 Å². The average Bonchev–Trinajstić information content (AvgIpc) is 2.75. The maximum absolute atomic E-state index is 10.0. The lowest BCUT2D eigenvalue weighted by Crippen LogP contribution is -2.17. The Morgan fingerprint density at radius 1 is 0.724 bits per heavy atom. The standard InChI is InChI=1S/C24H30O5/c1-19(13-15-21(25)17-27-23-9-5-3-6-10-23)29-20(2)14-16-22(26)18-28-24-11-7-4-8-12-24/h3-14,21-22,25-26H,15-18H2,1-2H3. The molecule has 5 nitrogen and oxygen atoms in total. The second-order valence-corrected chi connectivity index (χ2v) is 6.76. The number of hydrogen-bond acceptors (Lipinski definition) is 5. The van der Waals surface area contributed by atoms with Gasteiger partial charge < -0.3 is 24.4 Å². The van der Waals surface area contributed by atoms with Crippen molar-refractivity contribution in [2.75, 3.05) is 13.2 Å². The van der Waals surface area contributed by atoms with Crippen molar-refractivity contribution in [3.05, 3.63) is 84.3 Å². The number of aliphatic hydroxyl groups excluding tert-OH is 2. The minimum Gasteiger partial charge on any atom is -0.491 e. The Balaban J connectivity index is 1.66. The minimum atomic E-state index is -0.616. The fraction of sp³-hybridized carbons (Fsp3) is 0.333. The van der Waals surface area contributed by atoms with Crippen LogP contribution < -0.4 is 9.47 Å². The fourth-order valence-corrected chi connectivity index (χ4v) is 2.50. The summed E-state index contributed by atoms with van der Waals surface area (Å²) in [7, 11) is 0. The van der Waals surface area contributed by atoms with Crippen LogP contribution in [0.15, 0.2) is 84.3 Å². The molecule has 0 aliphatic rings. The maximum Gasteiger partial charge on any atom is 0.119 e. The number of benzene rings is 2. The Labute approximate surface area is 172 Å². The molecule has 5 heteroatoms. The van der Waals surface area contributed by atoms with Crippen LogP contribution in [0.4, 0.5) is 0 Å². The summed E-state index contributed by atoms with van der Waals surface area (Å²) in [6.45, 7) is 4.10. The first-order valence-corrected chi connectivity index (χ1v) is 9.76. The SMILES string of the molecule is CC(=CCC(O)COc1ccccc1)OC(C)=CCC(O)COc1ccccc1. The Morgan fingerprint density at radius 2 is 1.10 bits per heavy atom. The van der Waals surface area contributed by atoms with E-state index in [0.29, 0.717) is 24.4 Å². The zero-order chi connectivity index (χ0) is 20.9. The van der Waals surface area contributed by atoms with Crippen molar-refractivity contribution >= 4 is 0 Å². The first-order valence-electron chi connectivity index (χ1n) is 9.76. The molecule has 0 saturated heterocycles. The summed E-state index contributed by atoms with van der Waals surface area (Å²) in [5.41, 5.74) is 0. The van der Waals surface area contributed by atoms with Crippen molar-refractivity contribution in [1.82, 2.24) is 0 Å². The molecular formula is C24H30O5. The topological polar surface area (TPSA) is 68.2 Å². The van der Waals surface area contributed by atoms with Gasteiger partial charge in [0, 0.05) is 0 Å². The molecule has 2 aromatic carbocycles. The summed E-state index contributed by atoms with van der Waals surface area (Å²) < 4.78 is 16.8. The molecule has 0 aliphatic heterocycles. The van der Waals surface area contributed by atoms with E-state index in [9.17, 15) is 10.2 Å². The van der Waals surface area contributed by atoms with Gasteiger partial charge in [-0.15, -0.1) is 0 Å². The van der Waals surface area contributed by atoms with Crippen molar-refractivity contribution in [1.29, 1.82) is 0 Å². The van der Waals surface area contributed by atoms with E-state index in [1.165, 1.54) is 0 Å². The van der Waals surface area contributed by atoms with Gasteiger partial charge in [-0.1, -0.05) is 36.4 Å². The van der Waals surface area contributed by atoms with E-state index in [1.54, 1.807) is 0 Å². The third-order valence-corrected chi connectivity index (χ3v) is 4.05. The molecule has 0 aromatic heterocycles. The molecule has 2 atom stereocenters. The second kappa shape index (κ2) is 12.6. The van der Waals surface area contributed by atoms with Crippen LogP contribution in [0, 0.1) is 0 Å². The van der Waals surface area contributed by atoms with E-state index >= 15 is 0 Å². The van der Waals surface area contributed by atoms with Crippen molar-refractivity contribution in [2.24, 2.45) is 0 Å². The molecule has 2 unspecified atom stereocenters. The van der Waals surface area contributed by atoms with Gasteiger partial charge in [0.05, 0.1) is 23.7 Å². The number of allylic oxidation sites excluding steroid dienone is 2. The maximum atomic E-state index is 10.0. The number of hydrogen-bond donors (Lipinski definition) is 2. The number of rotatable bonds is 12. The highest BCUT2D eigenvalue weighted by atomic mass is 16.5. The first kappa shape index (κ1) is 22.5. The number of ether oxygens (including phenoxy) is 3. The van der Waals surface area contributed by atoms with Gasteiger partial charge in [-0.05, 0) is 63.1 Å². The molecule has 0 heterocycles. The summed E-state index contributed by atoms with van der Waals surface area (Å²) in [6.07, 6.45) is 3.28. The zero-order valence-electron chi connectivity index (χ0n) is 17.0. The second-order valence-electron chi connectivity index (χ2n) is 6.76. The molecule has 2 rings (SSSR count). The summed E-state index contributed by atoms with van der Waals surface area (Å²) in [6, 6.07) is 18.8. The Bertz CT molecular complexity index is 690. The van der Waals surface area contributed by atoms with E-state index in [0.717, 1.165) is 11.5 Å². The molecular weight excluding hydrogens is 368 g/mol. The van der Waals surface area contributed by atoms with Crippen molar-refractivity contribution in [3.63, 3.8) is 0 Å². The van der Waals surface area contributed by atoms with Crippen LogP contribution in [-0.4, -0.2) is 35.6 Å². The number of aliphatic hydroxyl groups is 2. The van der Waals surface area contributed by atoms with E-state index in [1.807, 2.05) is 86.7 Å². The quantitative estimate of drug-likeness (QED) is 0.516. The lowest BCUT2D eigenvalue weighted by Gasteiger charge is -2.13. The summed E-state index contributed by atoms with van der Waals surface area (Å²) in [4.78, 5) is 0. The molecule has 0 spiro atoms. The summed E-state index contributed by atoms with van der Waals surface area (Å²) >= 11 is 0. The van der Waals surface area contributed by atoms with Gasteiger partial charge in [0.15, 0.2) is 0 Å². The molecule has 0 bridgehead atoms. The molecule has 156 valence electrons. The first-order chi connectivity index (χ1) is 14.0. The van der Waals surface area contributed by atoms with Gasteiger partial charge in [-0.3, -0.25) is 0 Å². The highest BCUT2D eigenvalue weighted by Gasteiger charge is 2.06. The number of para-hydroxylation sites is 2. The van der Waals surface area contributed by atoms with Gasteiger partial charge in [-0.25, -0.2) is 0 Å². The zero-order valence-corrected chi connectivity index (χ0v) is 17.0. The van der Waals surface area contributed by atoms with Crippen molar-refractivity contribution in [2.45, 2.75) is 38.9 Å². The predicted octanol–water partition coefficient (Wildman–Crippen LogP) is 4.47. The average molecular weight is 398 g/mol. The lowest BCUT2D eigenvalue weighted by molar-refractivity contribution is 0.108. The molecule has 29 heavy (non-hydrogen) atoms. The Kier molecular flexibility index (Phi) is 9.83. The molecule has 0 amide bonds. The molecule has 2 aromatic rings. The van der Waals surface area contributed by atoms with E-state index in [2.05, 4.69) is 0 Å². The van der Waals surface area contributed by atoms with Gasteiger partial charge in [0.25, 0.3) is 0 Å². The molecule has 2 N–H and O–H groups in total. The van der Waals surface area contributed by atoms with E-state index in [-0.39, 0.29) is 13.2 Å². The van der Waals surface area contributed by atoms with E-state index < -0.39 is 12.2 Å². The van der Waals surface area contributed by atoms with Crippen molar-refractivity contribution in [3.8, 4) is 11.5 Å². The van der Waals surface area contributed by atoms with Crippen LogP contribution in [0.25, 0.3) is 0 Å². The Hall–Kier alpha value is -2.76. The molecule has 0 saturated carbocycles. The van der Waals surface area contributed by atoms with Crippen LogP contribution in [0.2, 0.25) is 0 Å². The molecule has 0 fully saturated rings. The fourth-order valence-electron chi connectivity index (χ4n) is 2.50. The lowest BCUT2D eigenvalue weighted by atomic mass is 10.2. The van der Waals surface area contributed by atoms with Gasteiger partial charge in [0.2, 0.25) is 0 Å². The molecule has 0 radical (unpaired) electrons. The van der Waals surface area contributed by atoms with Crippen LogP contribution in [0.1, 0.15) is 26.7 Å². The minimum absolute atomic E-state index is 0.218. The van der Waals surface area contributed by atoms with Crippen LogP contribution in [-0.2, 0) is 4.74 Å². The van der Waals surface area contributed by atoms with Gasteiger partial charge >= 0.3 is 0 Å². The highest BCUT2D eigenvalue weighted by Crippen LogP contribution is 2.13. The largest absolute Gasteiger partial charge is 0.491 e. The van der Waals surface area contributed by atoms with Crippen LogP contribution in [0.3, 0.4) is 0 Å². The van der Waals surface area contributed by atoms with Crippen molar-refractivity contribution < 1.29 is 24.4 Å². The monoisotopic (exact) mass is 398 g/mol. The Morgan fingerprint density at radius 3 is 1.48 bits per heavy atom. The molecule has 0 aliphatic carbocycles. The van der Waals surface area contributed by atoms with Crippen LogP contribution in [0.5, 0.6) is 11.5 Å². The smallest absolute Gasteiger partial charge is 0.119 e. The van der Waals surface area contributed by atoms with Gasteiger partial charge in [0.1, 0.15) is 24.7 Å². The normalized spacial score (nSPS) is 14.2. The third-order valence-electron chi connectivity index (χ3n) is 4.05. The van der Waals surface area contributed by atoms with Crippen LogP contribution >= 0.6 is 0 Å².